The summed E-state index contributed by atoms with van der Waals surface area (Å²) in [7, 11) is -2.56. The SMILES string of the molecule is COC(=O)c1cncn1C1c2cc(F)ccc2NS(=O)(=O)C1(C)C. The quantitative estimate of drug-likeness (QED) is 0.833. The number of nitrogens with zero attached hydrogens (tertiary/aromatic N) is 2. The van der Waals surface area contributed by atoms with E-state index in [-0.39, 0.29) is 11.4 Å². The Balaban J connectivity index is 2.31. The van der Waals surface area contributed by atoms with Crippen LogP contribution < -0.4 is 4.72 Å². The number of methoxy groups -OCH3 is 1. The van der Waals surface area contributed by atoms with Gasteiger partial charge in [-0.25, -0.2) is 22.6 Å². The lowest BCUT2D eigenvalue weighted by molar-refractivity contribution is 0.0586. The molecule has 0 bridgehead atoms. The Morgan fingerprint density at radius 3 is 2.79 bits per heavy atom. The number of imidazole rings is 1. The van der Waals surface area contributed by atoms with Crippen LogP contribution in [0.1, 0.15) is 35.9 Å². The van der Waals surface area contributed by atoms with E-state index in [1.54, 1.807) is 0 Å². The van der Waals surface area contributed by atoms with Gasteiger partial charge in [-0.1, -0.05) is 0 Å². The van der Waals surface area contributed by atoms with E-state index in [0.29, 0.717) is 5.56 Å². The Kier molecular flexibility index (Phi) is 3.63. The molecule has 1 aromatic heterocycles. The first-order valence-electron chi connectivity index (χ1n) is 7.11. The average molecular weight is 353 g/mol. The van der Waals surface area contributed by atoms with Crippen LogP contribution in [-0.2, 0) is 14.8 Å². The zero-order chi connectivity index (χ0) is 17.7. The van der Waals surface area contributed by atoms with Crippen molar-refractivity contribution in [3.63, 3.8) is 0 Å². The number of aromatic nitrogens is 2. The summed E-state index contributed by atoms with van der Waals surface area (Å²) in [6.45, 7) is 3.02. The number of ether oxygens (including phenoxy) is 1. The van der Waals surface area contributed by atoms with Crippen molar-refractivity contribution in [2.75, 3.05) is 11.8 Å². The normalized spacial score (nSPS) is 20.8. The minimum atomic E-state index is -3.78. The van der Waals surface area contributed by atoms with E-state index < -0.39 is 32.6 Å². The molecular formula is C15H16FN3O4S. The highest BCUT2D eigenvalue weighted by Crippen LogP contribution is 2.45. The first-order chi connectivity index (χ1) is 11.2. The summed E-state index contributed by atoms with van der Waals surface area (Å²) in [5.41, 5.74) is 0.770. The van der Waals surface area contributed by atoms with E-state index in [9.17, 15) is 17.6 Å². The van der Waals surface area contributed by atoms with Crippen molar-refractivity contribution < 1.29 is 22.3 Å². The van der Waals surface area contributed by atoms with Crippen molar-refractivity contribution in [2.24, 2.45) is 0 Å². The van der Waals surface area contributed by atoms with Crippen LogP contribution in [0.15, 0.2) is 30.7 Å². The van der Waals surface area contributed by atoms with Crippen molar-refractivity contribution in [3.05, 3.63) is 47.8 Å². The highest BCUT2D eigenvalue weighted by Gasteiger charge is 2.49. The van der Waals surface area contributed by atoms with Gasteiger partial charge in [0.25, 0.3) is 0 Å². The van der Waals surface area contributed by atoms with Gasteiger partial charge in [0.05, 0.1) is 31.4 Å². The van der Waals surface area contributed by atoms with E-state index in [1.165, 1.54) is 56.2 Å². The summed E-state index contributed by atoms with van der Waals surface area (Å²) in [6, 6.07) is 2.93. The molecule has 1 atom stereocenters. The fourth-order valence-electron chi connectivity index (χ4n) is 2.91. The molecule has 1 aromatic carbocycles. The zero-order valence-electron chi connectivity index (χ0n) is 13.3. The molecular weight excluding hydrogens is 337 g/mol. The van der Waals surface area contributed by atoms with Crippen LogP contribution in [-0.4, -0.2) is 35.8 Å². The Morgan fingerprint density at radius 1 is 1.42 bits per heavy atom. The number of carbonyl (C=O) groups is 1. The standard InChI is InChI=1S/C15H16FN3O4S/c1-15(2)13(19-8-17-7-12(19)14(20)23-3)10-6-9(16)4-5-11(10)18-24(15,21)22/h4-8,13,18H,1-3H3. The second-order valence-corrected chi connectivity index (χ2v) is 8.28. The van der Waals surface area contributed by atoms with Crippen LogP contribution in [0.2, 0.25) is 0 Å². The van der Waals surface area contributed by atoms with Crippen LogP contribution in [0.25, 0.3) is 0 Å². The summed E-state index contributed by atoms with van der Waals surface area (Å²) in [5, 5.41) is 0. The smallest absolute Gasteiger partial charge is 0.356 e. The Bertz CT molecular complexity index is 921. The molecule has 1 unspecified atom stereocenters. The maximum Gasteiger partial charge on any atom is 0.356 e. The van der Waals surface area contributed by atoms with E-state index in [2.05, 4.69) is 9.71 Å². The Hall–Kier alpha value is -2.42. The lowest BCUT2D eigenvalue weighted by Crippen LogP contribution is -2.49. The second kappa shape index (κ2) is 5.30. The molecule has 0 fully saturated rings. The minimum absolute atomic E-state index is 0.0860. The molecule has 128 valence electrons. The third-order valence-electron chi connectivity index (χ3n) is 4.24. The van der Waals surface area contributed by atoms with Gasteiger partial charge < -0.3 is 9.30 Å². The highest BCUT2D eigenvalue weighted by atomic mass is 32.2. The fraction of sp³-hybridized carbons (Fsp3) is 0.333. The van der Waals surface area contributed by atoms with Crippen molar-refractivity contribution in [1.82, 2.24) is 9.55 Å². The molecule has 24 heavy (non-hydrogen) atoms. The molecule has 0 amide bonds. The lowest BCUT2D eigenvalue weighted by Gasteiger charge is -2.40. The maximum absolute atomic E-state index is 13.8. The summed E-state index contributed by atoms with van der Waals surface area (Å²) >= 11 is 0. The van der Waals surface area contributed by atoms with Crippen molar-refractivity contribution in [2.45, 2.75) is 24.6 Å². The van der Waals surface area contributed by atoms with Crippen LogP contribution in [0.5, 0.6) is 0 Å². The number of sulfonamides is 1. The molecule has 2 aromatic rings. The minimum Gasteiger partial charge on any atom is -0.464 e. The van der Waals surface area contributed by atoms with Crippen molar-refractivity contribution in [1.29, 1.82) is 0 Å². The van der Waals surface area contributed by atoms with Gasteiger partial charge in [-0.05, 0) is 32.0 Å². The number of rotatable bonds is 2. The number of esters is 1. The number of carbonyl (C=O) groups excluding carboxylic acids is 1. The fourth-order valence-corrected chi connectivity index (χ4v) is 4.18. The molecule has 0 saturated carbocycles. The Labute approximate surface area is 138 Å². The van der Waals surface area contributed by atoms with E-state index >= 15 is 0 Å². The van der Waals surface area contributed by atoms with Gasteiger partial charge in [0.1, 0.15) is 16.3 Å². The highest BCUT2D eigenvalue weighted by molar-refractivity contribution is 7.94. The predicted molar refractivity (Wildman–Crippen MR) is 84.7 cm³/mol. The first-order valence-corrected chi connectivity index (χ1v) is 8.59. The molecule has 9 heteroatoms. The van der Waals surface area contributed by atoms with Gasteiger partial charge in [0, 0.05) is 5.56 Å². The molecule has 7 nitrogen and oxygen atoms in total. The van der Waals surface area contributed by atoms with Gasteiger partial charge in [-0.2, -0.15) is 0 Å². The topological polar surface area (TPSA) is 90.3 Å². The van der Waals surface area contributed by atoms with Crippen molar-refractivity contribution >= 4 is 21.7 Å². The van der Waals surface area contributed by atoms with Gasteiger partial charge >= 0.3 is 5.97 Å². The number of benzene rings is 1. The Morgan fingerprint density at radius 2 is 2.12 bits per heavy atom. The predicted octanol–water partition coefficient (Wildman–Crippen LogP) is 1.93. The van der Waals surface area contributed by atoms with E-state index in [0.717, 1.165) is 0 Å². The summed E-state index contributed by atoms with van der Waals surface area (Å²) < 4.78 is 46.3. The van der Waals surface area contributed by atoms with Crippen LogP contribution in [0.4, 0.5) is 10.1 Å². The van der Waals surface area contributed by atoms with E-state index in [1.807, 2.05) is 0 Å². The maximum atomic E-state index is 13.8. The monoisotopic (exact) mass is 353 g/mol. The largest absolute Gasteiger partial charge is 0.464 e. The third kappa shape index (κ3) is 2.27. The number of hydrogen-bond donors (Lipinski definition) is 1. The molecule has 0 radical (unpaired) electrons. The molecule has 1 N–H and O–H groups in total. The zero-order valence-corrected chi connectivity index (χ0v) is 14.1. The van der Waals surface area contributed by atoms with Gasteiger partial charge in [0.2, 0.25) is 10.0 Å². The molecule has 3 rings (SSSR count). The molecule has 2 heterocycles. The second-order valence-electron chi connectivity index (χ2n) is 6.02. The third-order valence-corrected chi connectivity index (χ3v) is 6.34. The van der Waals surface area contributed by atoms with E-state index in [4.69, 9.17) is 4.74 Å². The van der Waals surface area contributed by atoms with Gasteiger partial charge in [-0.15, -0.1) is 0 Å². The number of hydrogen-bond acceptors (Lipinski definition) is 5. The lowest BCUT2D eigenvalue weighted by atomic mass is 9.92. The summed E-state index contributed by atoms with van der Waals surface area (Å²) in [6.07, 6.45) is 2.63. The van der Waals surface area contributed by atoms with Crippen molar-refractivity contribution in [3.8, 4) is 0 Å². The summed E-state index contributed by atoms with van der Waals surface area (Å²) in [4.78, 5) is 15.9. The molecule has 1 aliphatic heterocycles. The molecule has 0 aliphatic carbocycles. The molecule has 0 spiro atoms. The van der Waals surface area contributed by atoms with Crippen LogP contribution in [0, 0.1) is 5.82 Å². The van der Waals surface area contributed by atoms with Crippen LogP contribution in [0.3, 0.4) is 0 Å². The number of nitrogens with one attached hydrogen (secondary N) is 1. The summed E-state index contributed by atoms with van der Waals surface area (Å²) in [5.74, 6) is -1.16. The van der Waals surface area contributed by atoms with Gasteiger partial charge in [0.15, 0.2) is 0 Å². The van der Waals surface area contributed by atoms with Crippen LogP contribution >= 0.6 is 0 Å². The number of fused-ring (bicyclic) bond motifs is 1. The molecule has 1 aliphatic rings. The van der Waals surface area contributed by atoms with Gasteiger partial charge in [-0.3, -0.25) is 4.72 Å². The number of halogens is 1. The number of anilines is 1. The molecule has 0 saturated heterocycles. The first kappa shape index (κ1) is 16.4. The average Bonchev–Trinajstić information content (AvgIpc) is 2.97.